The van der Waals surface area contributed by atoms with E-state index in [-0.39, 0.29) is 17.8 Å². The first-order chi connectivity index (χ1) is 7.74. The molecule has 1 heterocycles. The van der Waals surface area contributed by atoms with Crippen molar-refractivity contribution >= 4 is 0 Å². The van der Waals surface area contributed by atoms with Crippen molar-refractivity contribution in [2.75, 3.05) is 19.8 Å². The van der Waals surface area contributed by atoms with Crippen LogP contribution in [0.4, 0.5) is 0 Å². The summed E-state index contributed by atoms with van der Waals surface area (Å²) in [7, 11) is 0. The largest absolute Gasteiger partial charge is 0.508 e. The molecule has 0 unspecified atom stereocenters. The minimum Gasteiger partial charge on any atom is -0.508 e. The highest BCUT2D eigenvalue weighted by molar-refractivity contribution is 5.26. The monoisotopic (exact) mass is 222 g/mol. The molecule has 0 bridgehead atoms. The van der Waals surface area contributed by atoms with Crippen LogP contribution < -0.4 is 0 Å². The molecule has 0 spiro atoms. The first-order valence-corrected chi connectivity index (χ1v) is 5.71. The Kier molecular flexibility index (Phi) is 3.46. The van der Waals surface area contributed by atoms with Gasteiger partial charge in [0.2, 0.25) is 0 Å². The number of benzene rings is 1. The standard InChI is InChI=1S/C13H18O3/c14-10-13(5-7-16-8-6-13)9-11-1-3-12(15)4-2-11/h1-4,14-15H,5-10H2. The van der Waals surface area contributed by atoms with E-state index in [0.29, 0.717) is 0 Å². The summed E-state index contributed by atoms with van der Waals surface area (Å²) < 4.78 is 5.33. The van der Waals surface area contributed by atoms with Gasteiger partial charge in [-0.2, -0.15) is 0 Å². The fourth-order valence-electron chi connectivity index (χ4n) is 2.24. The molecule has 1 aliphatic rings. The van der Waals surface area contributed by atoms with Crippen molar-refractivity contribution in [1.29, 1.82) is 0 Å². The van der Waals surface area contributed by atoms with Gasteiger partial charge in [0.05, 0.1) is 0 Å². The van der Waals surface area contributed by atoms with Gasteiger partial charge in [0, 0.05) is 25.2 Å². The van der Waals surface area contributed by atoms with E-state index in [1.54, 1.807) is 12.1 Å². The van der Waals surface area contributed by atoms with Crippen LogP contribution in [0.1, 0.15) is 18.4 Å². The van der Waals surface area contributed by atoms with E-state index in [0.717, 1.165) is 38.0 Å². The zero-order valence-electron chi connectivity index (χ0n) is 9.35. The summed E-state index contributed by atoms with van der Waals surface area (Å²) in [5.41, 5.74) is 1.13. The maximum Gasteiger partial charge on any atom is 0.115 e. The maximum atomic E-state index is 9.55. The number of aliphatic hydroxyl groups is 1. The van der Waals surface area contributed by atoms with Crippen molar-refractivity contribution in [3.8, 4) is 5.75 Å². The van der Waals surface area contributed by atoms with Crippen molar-refractivity contribution < 1.29 is 14.9 Å². The maximum absolute atomic E-state index is 9.55. The molecule has 88 valence electrons. The second kappa shape index (κ2) is 4.85. The number of hydrogen-bond acceptors (Lipinski definition) is 3. The number of rotatable bonds is 3. The number of ether oxygens (including phenoxy) is 1. The summed E-state index contributed by atoms with van der Waals surface area (Å²) >= 11 is 0. The van der Waals surface area contributed by atoms with Gasteiger partial charge in [-0.3, -0.25) is 0 Å². The van der Waals surface area contributed by atoms with E-state index in [1.165, 1.54) is 0 Å². The molecule has 3 heteroatoms. The zero-order chi connectivity index (χ0) is 11.4. The first-order valence-electron chi connectivity index (χ1n) is 5.71. The van der Waals surface area contributed by atoms with Crippen LogP contribution >= 0.6 is 0 Å². The molecule has 0 saturated carbocycles. The summed E-state index contributed by atoms with van der Waals surface area (Å²) in [6.45, 7) is 1.68. The molecule has 2 rings (SSSR count). The highest BCUT2D eigenvalue weighted by Crippen LogP contribution is 2.34. The topological polar surface area (TPSA) is 49.7 Å². The van der Waals surface area contributed by atoms with Crippen LogP contribution in [0.25, 0.3) is 0 Å². The predicted octanol–water partition coefficient (Wildman–Crippen LogP) is 1.72. The van der Waals surface area contributed by atoms with E-state index in [9.17, 15) is 10.2 Å². The van der Waals surface area contributed by atoms with Crippen LogP contribution in [0.5, 0.6) is 5.75 Å². The van der Waals surface area contributed by atoms with Gasteiger partial charge in [0.25, 0.3) is 0 Å². The number of aromatic hydroxyl groups is 1. The lowest BCUT2D eigenvalue weighted by atomic mass is 9.76. The lowest BCUT2D eigenvalue weighted by Crippen LogP contribution is -2.35. The third-order valence-corrected chi connectivity index (χ3v) is 3.40. The average Bonchev–Trinajstić information content (AvgIpc) is 2.33. The highest BCUT2D eigenvalue weighted by Gasteiger charge is 2.31. The SMILES string of the molecule is OCC1(Cc2ccc(O)cc2)CCOCC1. The van der Waals surface area contributed by atoms with Crippen LogP contribution in [-0.4, -0.2) is 30.0 Å². The average molecular weight is 222 g/mol. The lowest BCUT2D eigenvalue weighted by molar-refractivity contribution is -0.0157. The van der Waals surface area contributed by atoms with Crippen molar-refractivity contribution in [3.63, 3.8) is 0 Å². The molecule has 0 aliphatic carbocycles. The first kappa shape index (κ1) is 11.4. The van der Waals surface area contributed by atoms with E-state index in [2.05, 4.69) is 0 Å². The third-order valence-electron chi connectivity index (χ3n) is 3.40. The van der Waals surface area contributed by atoms with Crippen LogP contribution in [0, 0.1) is 5.41 Å². The molecule has 1 aliphatic heterocycles. The molecule has 1 aromatic rings. The van der Waals surface area contributed by atoms with Crippen molar-refractivity contribution in [1.82, 2.24) is 0 Å². The molecule has 0 amide bonds. The van der Waals surface area contributed by atoms with Crippen LogP contribution in [0.3, 0.4) is 0 Å². The summed E-state index contributed by atoms with van der Waals surface area (Å²) in [5.74, 6) is 0.286. The molecular formula is C13H18O3. The quantitative estimate of drug-likeness (QED) is 0.818. The summed E-state index contributed by atoms with van der Waals surface area (Å²) in [6.07, 6.45) is 2.67. The molecule has 0 atom stereocenters. The second-order valence-corrected chi connectivity index (χ2v) is 4.61. The van der Waals surface area contributed by atoms with Gasteiger partial charge in [-0.15, -0.1) is 0 Å². The van der Waals surface area contributed by atoms with Gasteiger partial charge in [-0.25, -0.2) is 0 Å². The fourth-order valence-corrected chi connectivity index (χ4v) is 2.24. The Morgan fingerprint density at radius 2 is 1.75 bits per heavy atom. The van der Waals surface area contributed by atoms with E-state index in [4.69, 9.17) is 4.74 Å². The molecule has 16 heavy (non-hydrogen) atoms. The minimum absolute atomic E-state index is 0.0325. The zero-order valence-corrected chi connectivity index (χ0v) is 9.35. The van der Waals surface area contributed by atoms with Crippen LogP contribution in [0.2, 0.25) is 0 Å². The number of aliphatic hydroxyl groups excluding tert-OH is 1. The van der Waals surface area contributed by atoms with E-state index < -0.39 is 0 Å². The van der Waals surface area contributed by atoms with Gasteiger partial charge in [-0.1, -0.05) is 12.1 Å². The molecule has 1 fully saturated rings. The van der Waals surface area contributed by atoms with Crippen LogP contribution in [-0.2, 0) is 11.2 Å². The Labute approximate surface area is 95.7 Å². The third kappa shape index (κ3) is 2.54. The predicted molar refractivity (Wildman–Crippen MR) is 61.4 cm³/mol. The van der Waals surface area contributed by atoms with Gasteiger partial charge in [0.15, 0.2) is 0 Å². The number of hydrogen-bond donors (Lipinski definition) is 2. The normalized spacial score (nSPS) is 19.6. The van der Waals surface area contributed by atoms with Crippen molar-refractivity contribution in [2.24, 2.45) is 5.41 Å². The minimum atomic E-state index is -0.0325. The highest BCUT2D eigenvalue weighted by atomic mass is 16.5. The molecule has 0 radical (unpaired) electrons. The summed E-state index contributed by atoms with van der Waals surface area (Å²) in [4.78, 5) is 0. The molecule has 3 nitrogen and oxygen atoms in total. The smallest absolute Gasteiger partial charge is 0.115 e. The lowest BCUT2D eigenvalue weighted by Gasteiger charge is -2.35. The van der Waals surface area contributed by atoms with Crippen molar-refractivity contribution in [2.45, 2.75) is 19.3 Å². The molecule has 1 saturated heterocycles. The Morgan fingerprint density at radius 1 is 1.12 bits per heavy atom. The van der Waals surface area contributed by atoms with Crippen LogP contribution in [0.15, 0.2) is 24.3 Å². The molecule has 0 aromatic heterocycles. The second-order valence-electron chi connectivity index (χ2n) is 4.61. The Morgan fingerprint density at radius 3 is 2.31 bits per heavy atom. The molecular weight excluding hydrogens is 204 g/mol. The van der Waals surface area contributed by atoms with E-state index >= 15 is 0 Å². The Bertz CT molecular complexity index is 326. The van der Waals surface area contributed by atoms with Gasteiger partial charge < -0.3 is 14.9 Å². The van der Waals surface area contributed by atoms with Gasteiger partial charge >= 0.3 is 0 Å². The molecule has 2 N–H and O–H groups in total. The van der Waals surface area contributed by atoms with E-state index in [1.807, 2.05) is 12.1 Å². The fraction of sp³-hybridized carbons (Fsp3) is 0.538. The summed E-state index contributed by atoms with van der Waals surface area (Å²) in [5, 5.41) is 18.8. The van der Waals surface area contributed by atoms with Gasteiger partial charge in [-0.05, 0) is 37.0 Å². The Balaban J connectivity index is 2.08. The Hall–Kier alpha value is -1.06. The number of phenolic OH excluding ortho intramolecular Hbond substituents is 1. The molecule has 1 aromatic carbocycles. The number of phenols is 1. The van der Waals surface area contributed by atoms with Crippen molar-refractivity contribution in [3.05, 3.63) is 29.8 Å². The summed E-state index contributed by atoms with van der Waals surface area (Å²) in [6, 6.07) is 7.23. The van der Waals surface area contributed by atoms with Gasteiger partial charge in [0.1, 0.15) is 5.75 Å².